The van der Waals surface area contributed by atoms with E-state index >= 15 is 0 Å². The zero-order valence-electron chi connectivity index (χ0n) is 36.9. The molecule has 76 heavy (non-hydrogen) atoms. The van der Waals surface area contributed by atoms with Crippen LogP contribution in [0.5, 0.6) is 0 Å². The van der Waals surface area contributed by atoms with E-state index in [0.717, 1.165) is 0 Å². The number of hydrogen-bond donors (Lipinski definition) is 1. The van der Waals surface area contributed by atoms with Crippen molar-refractivity contribution in [3.05, 3.63) is 183 Å². The van der Waals surface area contributed by atoms with Crippen LogP contribution in [0.4, 0.5) is 105 Å². The number of carbonyl (C=O) groups excluding carboxylic acids is 2. The number of pyridine rings is 1. The highest BCUT2D eigenvalue weighted by Gasteiger charge is 2.47. The molecule has 1 heterocycles. The Bertz CT molecular complexity index is 2640. The van der Waals surface area contributed by atoms with Crippen molar-refractivity contribution in [2.75, 3.05) is 5.75 Å². The number of carbonyl (C=O) groups is 2. The van der Waals surface area contributed by atoms with Gasteiger partial charge in [-0.1, -0.05) is 78.9 Å². The van der Waals surface area contributed by atoms with Crippen molar-refractivity contribution in [1.82, 2.24) is 0 Å². The number of aromatic nitrogens is 1. The van der Waals surface area contributed by atoms with Crippen LogP contribution in [0.2, 0.25) is 0 Å². The van der Waals surface area contributed by atoms with E-state index < -0.39 is 195 Å². The molecule has 6 aromatic rings. The summed E-state index contributed by atoms with van der Waals surface area (Å²) in [6.07, 6.45) is -51.3. The number of ketones is 2. The van der Waals surface area contributed by atoms with Gasteiger partial charge in [-0.05, 0) is 24.3 Å². The fourth-order valence-electron chi connectivity index (χ4n) is 7.79. The normalized spacial score (nSPS) is 13.3. The number of alkyl halides is 24. The molecule has 0 saturated carbocycles. The summed E-state index contributed by atoms with van der Waals surface area (Å²) in [7, 11) is 0. The van der Waals surface area contributed by atoms with Gasteiger partial charge in [-0.15, -0.1) is 0 Å². The van der Waals surface area contributed by atoms with Gasteiger partial charge in [0.25, 0.3) is 0 Å². The molecule has 5 aromatic carbocycles. The number of rotatable bonds is 9. The van der Waals surface area contributed by atoms with Crippen molar-refractivity contribution in [3.63, 3.8) is 0 Å². The van der Waals surface area contributed by atoms with Crippen molar-refractivity contribution in [1.29, 1.82) is 0 Å². The van der Waals surface area contributed by atoms with Gasteiger partial charge in [0.15, 0.2) is 18.2 Å². The predicted molar refractivity (Wildman–Crippen MR) is 226 cm³/mol. The maximum Gasteiger partial charge on any atom is 0.416 e. The molecule has 0 radical (unpaired) electrons. The monoisotopic (exact) mass is 1140 g/mol. The fourth-order valence-corrected chi connectivity index (χ4v) is 7.97. The van der Waals surface area contributed by atoms with Gasteiger partial charge in [-0.2, -0.15) is 144 Å². The third-order valence-electron chi connectivity index (χ3n) is 11.2. The van der Waals surface area contributed by atoms with Crippen molar-refractivity contribution in [2.24, 2.45) is 0 Å². The van der Waals surface area contributed by atoms with Gasteiger partial charge in [-0.3, -0.25) is 9.59 Å². The predicted octanol–water partition coefficient (Wildman–Crippen LogP) is 13.2. The Kier molecular flexibility index (Phi) is 16.7. The molecule has 6 rings (SSSR count). The first-order chi connectivity index (χ1) is 34.5. The Hall–Kier alpha value is -6.68. The molecule has 0 amide bonds. The Morgan fingerprint density at radius 1 is 0.342 bits per heavy atom. The van der Waals surface area contributed by atoms with E-state index in [1.165, 1.54) is 0 Å². The molecule has 0 unspecified atom stereocenters. The van der Waals surface area contributed by atoms with Crippen molar-refractivity contribution >= 4 is 52.2 Å². The van der Waals surface area contributed by atoms with Crippen LogP contribution < -0.4 is 26.4 Å². The van der Waals surface area contributed by atoms with E-state index in [9.17, 15) is 115 Å². The first kappa shape index (κ1) is 60.2. The summed E-state index contributed by atoms with van der Waals surface area (Å²) in [6, 6.07) is 3.74. The molecule has 0 bridgehead atoms. The minimum absolute atomic E-state index is 0.0233. The lowest BCUT2D eigenvalue weighted by molar-refractivity contribution is -0.683. The maximum atomic E-state index is 14.2. The number of thiol groups is 1. The number of nitrogens with zero attached hydrogens (tertiary/aromatic N) is 1. The molecular weight excluding hydrogens is 1110 g/mol. The molecule has 0 aliphatic heterocycles. The minimum atomic E-state index is -6.13. The molecule has 0 spiro atoms. The Balaban J connectivity index is 0.000000468. The highest BCUT2D eigenvalue weighted by molar-refractivity contribution is 7.81. The van der Waals surface area contributed by atoms with E-state index in [1.54, 1.807) is 41.2 Å². The van der Waals surface area contributed by atoms with Gasteiger partial charge < -0.3 is 0 Å². The second-order valence-corrected chi connectivity index (χ2v) is 16.7. The smallest absolute Gasteiger partial charge is 0.293 e. The molecular formula is C47H26BF24NO2S. The number of hydrogen-bond acceptors (Lipinski definition) is 3. The lowest BCUT2D eigenvalue weighted by Gasteiger charge is -2.46. The van der Waals surface area contributed by atoms with Gasteiger partial charge in [0.2, 0.25) is 12.3 Å². The first-order valence-corrected chi connectivity index (χ1v) is 21.2. The average molecular weight is 1140 g/mol. The van der Waals surface area contributed by atoms with E-state index in [4.69, 9.17) is 0 Å². The summed E-state index contributed by atoms with van der Waals surface area (Å²) in [5.74, 6) is 0.205. The van der Waals surface area contributed by atoms with Crippen LogP contribution >= 0.6 is 12.6 Å². The van der Waals surface area contributed by atoms with Gasteiger partial charge in [0.1, 0.15) is 6.15 Å². The summed E-state index contributed by atoms with van der Waals surface area (Å²) in [4.78, 5) is 23.4. The van der Waals surface area contributed by atoms with Gasteiger partial charge in [0.05, 0.1) is 50.3 Å². The second-order valence-electron chi connectivity index (χ2n) is 16.4. The molecule has 0 aliphatic carbocycles. The minimum Gasteiger partial charge on any atom is -0.293 e. The molecule has 29 heteroatoms. The van der Waals surface area contributed by atoms with Crippen LogP contribution in [0.15, 0.2) is 128 Å². The lowest BCUT2D eigenvalue weighted by Crippen LogP contribution is -2.75. The van der Waals surface area contributed by atoms with Crippen LogP contribution in [0.3, 0.4) is 0 Å². The highest BCUT2D eigenvalue weighted by Crippen LogP contribution is 2.41. The summed E-state index contributed by atoms with van der Waals surface area (Å²) in [5.41, 5.74) is -28.9. The molecule has 0 fully saturated rings. The number of Topliss-reactive ketones (excluding diaryl/α,β-unsaturated/α-hetero) is 2. The van der Waals surface area contributed by atoms with Crippen molar-refractivity contribution in [3.8, 4) is 0 Å². The number of benzene rings is 5. The van der Waals surface area contributed by atoms with E-state index in [-0.39, 0.29) is 23.9 Å². The molecule has 0 saturated heterocycles. The van der Waals surface area contributed by atoms with Crippen LogP contribution in [-0.2, 0) is 56.0 Å². The van der Waals surface area contributed by atoms with E-state index in [0.29, 0.717) is 11.1 Å². The van der Waals surface area contributed by atoms with Crippen LogP contribution in [-0.4, -0.2) is 23.5 Å². The standard InChI is InChI=1S/C32H12BF24.C15H13NO2S/c34-25(35,36)13-1-14(26(37,38)39)6-21(5-13)33(22-7-15(27(40,41)42)2-16(8-22)28(43,44)45,23-9-17(29(46,47)48)3-18(10-23)30(49,50)51)24-11-19(31(52,53)54)4-20(12-24)32(55,56)57;17-14(12-4-2-1-3-5-12)10-16-8-6-13(7-9-16)15(18)11-19/h1-12H;1-9H,10-11H2/q-1;/p+1. The SMILES string of the molecule is FC(F)(F)c1cc([B-](c2cc(C(F)(F)F)cc(C(F)(F)F)c2)(c2cc(C(F)(F)F)cc(C(F)(F)F)c2)c2cc(C(F)(F)F)cc(C(F)(F)F)c2)cc(C(F)(F)F)c1.O=C(CS)c1cc[n+](CC(=O)c2ccccc2)cc1. The third kappa shape index (κ3) is 14.0. The second kappa shape index (κ2) is 21.0. The van der Waals surface area contributed by atoms with E-state index in [1.807, 2.05) is 18.2 Å². The first-order valence-electron chi connectivity index (χ1n) is 20.5. The van der Waals surface area contributed by atoms with E-state index in [2.05, 4.69) is 12.6 Å². The topological polar surface area (TPSA) is 38.0 Å². The van der Waals surface area contributed by atoms with Crippen LogP contribution in [0.1, 0.15) is 65.2 Å². The average Bonchev–Trinajstić information content (AvgIpc) is 3.29. The van der Waals surface area contributed by atoms with Gasteiger partial charge in [-0.25, -0.2) is 0 Å². The van der Waals surface area contributed by atoms with Gasteiger partial charge >= 0.3 is 49.4 Å². The largest absolute Gasteiger partial charge is 0.416 e. The molecule has 1 aromatic heterocycles. The number of halogens is 24. The van der Waals surface area contributed by atoms with Crippen LogP contribution in [0, 0.1) is 0 Å². The lowest BCUT2D eigenvalue weighted by atomic mass is 9.12. The maximum absolute atomic E-state index is 14.2. The van der Waals surface area contributed by atoms with Crippen molar-refractivity contribution < 1.29 is 120 Å². The summed E-state index contributed by atoms with van der Waals surface area (Å²) >= 11 is 3.95. The molecule has 0 N–H and O–H groups in total. The summed E-state index contributed by atoms with van der Waals surface area (Å²) in [5, 5.41) is 0. The molecule has 408 valence electrons. The molecule has 3 nitrogen and oxygen atoms in total. The van der Waals surface area contributed by atoms with Gasteiger partial charge in [0, 0.05) is 23.3 Å². The highest BCUT2D eigenvalue weighted by atomic mass is 32.1. The quantitative estimate of drug-likeness (QED) is 0.0515. The zero-order valence-corrected chi connectivity index (χ0v) is 37.8. The Labute approximate surface area is 416 Å². The van der Waals surface area contributed by atoms with Crippen molar-refractivity contribution in [2.45, 2.75) is 56.0 Å². The third-order valence-corrected chi connectivity index (χ3v) is 11.5. The summed E-state index contributed by atoms with van der Waals surface area (Å²) in [6.45, 7) is 0.263. The zero-order chi connectivity index (χ0) is 57.6. The Morgan fingerprint density at radius 3 is 0.776 bits per heavy atom. The summed E-state index contributed by atoms with van der Waals surface area (Å²) < 4.78 is 343. The van der Waals surface area contributed by atoms with Crippen LogP contribution in [0.25, 0.3) is 0 Å². The fraction of sp³-hybridized carbons (Fsp3) is 0.213. The molecule has 0 aliphatic rings. The molecule has 0 atom stereocenters. The Morgan fingerprint density at radius 2 is 0.566 bits per heavy atom.